The maximum atomic E-state index is 13.2. The van der Waals surface area contributed by atoms with Gasteiger partial charge in [-0.15, -0.1) is 0 Å². The van der Waals surface area contributed by atoms with E-state index in [-0.39, 0.29) is 5.91 Å². The van der Waals surface area contributed by atoms with Gasteiger partial charge in [-0.1, -0.05) is 47.6 Å². The molecule has 1 aliphatic heterocycles. The minimum Gasteiger partial charge on any atom is -0.378 e. The molecule has 0 saturated carbocycles. The first kappa shape index (κ1) is 18.7. The number of carbonyl (C=O) groups excluding carboxylic acids is 1. The Morgan fingerprint density at radius 3 is 2.55 bits per heavy atom. The molecule has 8 heteroatoms. The lowest BCUT2D eigenvalue weighted by molar-refractivity contribution is -0.118. The third kappa shape index (κ3) is 3.69. The average molecular weight is 389 g/mol. The number of carbonyl (C=O) groups is 1. The van der Waals surface area contributed by atoms with Gasteiger partial charge in [0.15, 0.2) is 0 Å². The lowest BCUT2D eigenvalue weighted by Crippen LogP contribution is -2.35. The first-order valence-corrected chi connectivity index (χ1v) is 9.39. The summed E-state index contributed by atoms with van der Waals surface area (Å²) in [7, 11) is 3.98. The molecule has 0 spiro atoms. The van der Waals surface area contributed by atoms with Gasteiger partial charge in [0.25, 0.3) is 5.91 Å². The van der Waals surface area contributed by atoms with E-state index in [0.29, 0.717) is 18.1 Å². The summed E-state index contributed by atoms with van der Waals surface area (Å²) < 4.78 is 1.65. The van der Waals surface area contributed by atoms with Gasteiger partial charge < -0.3 is 15.5 Å². The van der Waals surface area contributed by atoms with Crippen molar-refractivity contribution in [2.24, 2.45) is 0 Å². The molecular weight excluding hydrogens is 366 g/mol. The summed E-state index contributed by atoms with van der Waals surface area (Å²) in [6.07, 6.45) is 0. The van der Waals surface area contributed by atoms with Gasteiger partial charge in [-0.05, 0) is 40.6 Å². The molecule has 3 aromatic rings. The van der Waals surface area contributed by atoms with Gasteiger partial charge in [-0.2, -0.15) is 4.68 Å². The number of tetrazole rings is 1. The molecule has 1 aromatic heterocycles. The van der Waals surface area contributed by atoms with Gasteiger partial charge in [0, 0.05) is 32.0 Å². The van der Waals surface area contributed by atoms with Crippen LogP contribution in [0, 0.1) is 0 Å². The van der Waals surface area contributed by atoms with Gasteiger partial charge in [0.1, 0.15) is 6.04 Å². The number of amides is 1. The SMILES string of the molecule is CC1=C(C(=O)NCc2ccccc2)[C@@H](c2ccc(N(C)C)cc2)n2nnnc2N1. The molecule has 148 valence electrons. The topological polar surface area (TPSA) is 88.0 Å². The Balaban J connectivity index is 1.67. The zero-order chi connectivity index (χ0) is 20.4. The highest BCUT2D eigenvalue weighted by molar-refractivity contribution is 5.96. The molecule has 29 heavy (non-hydrogen) atoms. The predicted molar refractivity (Wildman–Crippen MR) is 111 cm³/mol. The van der Waals surface area contributed by atoms with Crippen LogP contribution in [0.1, 0.15) is 24.1 Å². The van der Waals surface area contributed by atoms with E-state index in [1.165, 1.54) is 0 Å². The molecule has 4 rings (SSSR count). The second kappa shape index (κ2) is 7.75. The van der Waals surface area contributed by atoms with E-state index < -0.39 is 6.04 Å². The molecule has 1 atom stereocenters. The molecule has 2 N–H and O–H groups in total. The molecule has 0 aliphatic carbocycles. The number of fused-ring (bicyclic) bond motifs is 1. The zero-order valence-corrected chi connectivity index (χ0v) is 16.6. The average Bonchev–Trinajstić information content (AvgIpc) is 3.20. The predicted octanol–water partition coefficient (Wildman–Crippen LogP) is 2.34. The first-order valence-electron chi connectivity index (χ1n) is 9.39. The van der Waals surface area contributed by atoms with Gasteiger partial charge in [-0.3, -0.25) is 4.79 Å². The highest BCUT2D eigenvalue weighted by Gasteiger charge is 2.33. The van der Waals surface area contributed by atoms with Crippen molar-refractivity contribution in [3.8, 4) is 0 Å². The van der Waals surface area contributed by atoms with Crippen molar-refractivity contribution in [2.75, 3.05) is 24.3 Å². The second-order valence-electron chi connectivity index (χ2n) is 7.17. The normalized spacial score (nSPS) is 15.5. The monoisotopic (exact) mass is 389 g/mol. The van der Waals surface area contributed by atoms with Crippen molar-refractivity contribution in [1.29, 1.82) is 0 Å². The minimum atomic E-state index is -0.409. The van der Waals surface area contributed by atoms with Crippen molar-refractivity contribution >= 4 is 17.5 Å². The molecule has 2 heterocycles. The Labute approximate surface area is 169 Å². The summed E-state index contributed by atoms with van der Waals surface area (Å²) in [5, 5.41) is 18.1. The summed E-state index contributed by atoms with van der Waals surface area (Å²) in [4.78, 5) is 15.2. The van der Waals surface area contributed by atoms with Crippen LogP contribution in [0.4, 0.5) is 11.6 Å². The standard InChI is InChI=1S/C21H23N7O/c1-14-18(20(29)22-13-15-7-5-4-6-8-15)19(28-21(23-14)24-25-26-28)16-9-11-17(12-10-16)27(2)3/h4-12,19H,13H2,1-3H3,(H,22,29)(H,23,24,26)/t19-/m1/s1. The molecule has 0 radical (unpaired) electrons. The molecule has 2 aromatic carbocycles. The molecule has 8 nitrogen and oxygen atoms in total. The van der Waals surface area contributed by atoms with Crippen LogP contribution < -0.4 is 15.5 Å². The van der Waals surface area contributed by atoms with Crippen molar-refractivity contribution in [3.63, 3.8) is 0 Å². The van der Waals surface area contributed by atoms with E-state index in [9.17, 15) is 4.79 Å². The van der Waals surface area contributed by atoms with Gasteiger partial charge in [-0.25, -0.2) is 0 Å². The molecule has 0 bridgehead atoms. The van der Waals surface area contributed by atoms with E-state index in [1.54, 1.807) is 4.68 Å². The Bertz CT molecular complexity index is 1040. The van der Waals surface area contributed by atoms with Crippen LogP contribution in [-0.2, 0) is 11.3 Å². The Kier molecular flexibility index (Phi) is 4.99. The maximum absolute atomic E-state index is 13.2. The summed E-state index contributed by atoms with van der Waals surface area (Å²) in [6.45, 7) is 2.32. The van der Waals surface area contributed by atoms with Crippen LogP contribution in [0.15, 0.2) is 65.9 Å². The lowest BCUT2D eigenvalue weighted by atomic mass is 9.94. The Hall–Kier alpha value is -3.68. The number of allylic oxidation sites excluding steroid dienone is 1. The second-order valence-corrected chi connectivity index (χ2v) is 7.17. The van der Waals surface area contributed by atoms with Crippen LogP contribution in [-0.4, -0.2) is 40.2 Å². The highest BCUT2D eigenvalue weighted by atomic mass is 16.1. The van der Waals surface area contributed by atoms with Crippen LogP contribution >= 0.6 is 0 Å². The molecule has 1 aliphatic rings. The number of hydrogen-bond acceptors (Lipinski definition) is 6. The van der Waals surface area contributed by atoms with E-state index in [2.05, 4.69) is 26.2 Å². The summed E-state index contributed by atoms with van der Waals surface area (Å²) in [5.41, 5.74) is 4.39. The number of nitrogens with one attached hydrogen (secondary N) is 2. The van der Waals surface area contributed by atoms with Crippen molar-refractivity contribution < 1.29 is 4.79 Å². The van der Waals surface area contributed by atoms with Crippen LogP contribution in [0.3, 0.4) is 0 Å². The fraction of sp³-hybridized carbons (Fsp3) is 0.238. The van der Waals surface area contributed by atoms with E-state index in [0.717, 1.165) is 22.5 Å². The minimum absolute atomic E-state index is 0.151. The van der Waals surface area contributed by atoms with Crippen LogP contribution in [0.25, 0.3) is 0 Å². The number of aromatic nitrogens is 4. The highest BCUT2D eigenvalue weighted by Crippen LogP contribution is 2.34. The van der Waals surface area contributed by atoms with E-state index in [4.69, 9.17) is 0 Å². The lowest BCUT2D eigenvalue weighted by Gasteiger charge is -2.28. The van der Waals surface area contributed by atoms with Crippen molar-refractivity contribution in [2.45, 2.75) is 19.5 Å². The summed E-state index contributed by atoms with van der Waals surface area (Å²) in [5.74, 6) is 0.366. The number of anilines is 2. The maximum Gasteiger partial charge on any atom is 0.251 e. The Morgan fingerprint density at radius 2 is 1.86 bits per heavy atom. The molecule has 0 saturated heterocycles. The molecule has 0 unspecified atom stereocenters. The Morgan fingerprint density at radius 1 is 1.14 bits per heavy atom. The van der Waals surface area contributed by atoms with Crippen molar-refractivity contribution in [1.82, 2.24) is 25.5 Å². The molecule has 1 amide bonds. The number of benzene rings is 2. The number of nitrogens with zero attached hydrogens (tertiary/aromatic N) is 5. The number of hydrogen-bond donors (Lipinski definition) is 2. The molecular formula is C21H23N7O. The van der Waals surface area contributed by atoms with Crippen LogP contribution in [0.2, 0.25) is 0 Å². The zero-order valence-electron chi connectivity index (χ0n) is 16.6. The van der Waals surface area contributed by atoms with E-state index >= 15 is 0 Å². The molecule has 0 fully saturated rings. The van der Waals surface area contributed by atoms with Crippen molar-refractivity contribution in [3.05, 3.63) is 77.0 Å². The third-order valence-electron chi connectivity index (χ3n) is 4.98. The number of rotatable bonds is 5. The smallest absolute Gasteiger partial charge is 0.251 e. The van der Waals surface area contributed by atoms with Gasteiger partial charge in [0.2, 0.25) is 5.95 Å². The van der Waals surface area contributed by atoms with Gasteiger partial charge in [0.05, 0.1) is 5.57 Å². The van der Waals surface area contributed by atoms with Crippen LogP contribution in [0.5, 0.6) is 0 Å². The summed E-state index contributed by atoms with van der Waals surface area (Å²) in [6, 6.07) is 17.5. The quantitative estimate of drug-likeness (QED) is 0.696. The third-order valence-corrected chi connectivity index (χ3v) is 4.98. The fourth-order valence-electron chi connectivity index (χ4n) is 3.44. The van der Waals surface area contributed by atoms with Gasteiger partial charge >= 0.3 is 0 Å². The first-order chi connectivity index (χ1) is 14.0. The van der Waals surface area contributed by atoms with E-state index in [1.807, 2.05) is 80.5 Å². The largest absolute Gasteiger partial charge is 0.378 e. The summed E-state index contributed by atoms with van der Waals surface area (Å²) >= 11 is 0. The fourth-order valence-corrected chi connectivity index (χ4v) is 3.44.